The first kappa shape index (κ1) is 16.1. The van der Waals surface area contributed by atoms with Crippen molar-refractivity contribution in [1.82, 2.24) is 9.80 Å². The second kappa shape index (κ2) is 7.01. The van der Waals surface area contributed by atoms with Crippen molar-refractivity contribution < 1.29 is 9.18 Å². The Balaban J connectivity index is 3.02. The minimum Gasteiger partial charge on any atom is -0.335 e. The average molecular weight is 331 g/mol. The van der Waals surface area contributed by atoms with Crippen LogP contribution in [0.3, 0.4) is 0 Å². The number of amides is 1. The van der Waals surface area contributed by atoms with Crippen molar-refractivity contribution in [2.24, 2.45) is 0 Å². The van der Waals surface area contributed by atoms with Crippen LogP contribution in [-0.2, 0) is 0 Å². The molecule has 106 valence electrons. The molecule has 1 atom stereocenters. The fourth-order valence-corrected chi connectivity index (χ4v) is 2.64. The average Bonchev–Trinajstić information content (AvgIpc) is 2.28. The van der Waals surface area contributed by atoms with Crippen molar-refractivity contribution >= 4 is 21.8 Å². The van der Waals surface area contributed by atoms with E-state index in [4.69, 9.17) is 0 Å². The van der Waals surface area contributed by atoms with Crippen LogP contribution in [0.5, 0.6) is 0 Å². The number of halogens is 2. The predicted molar refractivity (Wildman–Crippen MR) is 78.8 cm³/mol. The minimum atomic E-state index is -0.491. The van der Waals surface area contributed by atoms with Crippen LogP contribution < -0.4 is 0 Å². The van der Waals surface area contributed by atoms with E-state index in [1.54, 1.807) is 17.0 Å². The predicted octanol–water partition coefficient (Wildman–Crippen LogP) is 3.00. The minimum absolute atomic E-state index is 0.0269. The highest BCUT2D eigenvalue weighted by atomic mass is 79.9. The van der Waals surface area contributed by atoms with Gasteiger partial charge in [-0.15, -0.1) is 0 Å². The maximum atomic E-state index is 13.8. The van der Waals surface area contributed by atoms with E-state index in [0.717, 1.165) is 6.54 Å². The third-order valence-corrected chi connectivity index (χ3v) is 3.60. The molecule has 0 fully saturated rings. The van der Waals surface area contributed by atoms with Gasteiger partial charge in [-0.25, -0.2) is 4.39 Å². The first-order chi connectivity index (χ1) is 8.88. The number of likely N-dealkylation sites (N-methyl/N-ethyl adjacent to an activating group) is 2. The molecule has 3 nitrogen and oxygen atoms in total. The van der Waals surface area contributed by atoms with Crippen LogP contribution in [0.4, 0.5) is 4.39 Å². The monoisotopic (exact) mass is 330 g/mol. The molecule has 1 amide bonds. The molecule has 0 N–H and O–H groups in total. The molecule has 1 unspecified atom stereocenters. The summed E-state index contributed by atoms with van der Waals surface area (Å²) >= 11 is 3.25. The maximum Gasteiger partial charge on any atom is 0.258 e. The Morgan fingerprint density at radius 3 is 2.53 bits per heavy atom. The summed E-state index contributed by atoms with van der Waals surface area (Å²) in [5.41, 5.74) is 0.106. The molecule has 0 saturated heterocycles. The van der Waals surface area contributed by atoms with Crippen molar-refractivity contribution in [3.05, 3.63) is 34.1 Å². The molecule has 19 heavy (non-hydrogen) atoms. The van der Waals surface area contributed by atoms with Crippen molar-refractivity contribution in [3.63, 3.8) is 0 Å². The van der Waals surface area contributed by atoms with Crippen LogP contribution in [0.2, 0.25) is 0 Å². The van der Waals surface area contributed by atoms with Gasteiger partial charge in [-0.05, 0) is 56.0 Å². The molecule has 0 bridgehead atoms. The summed E-state index contributed by atoms with van der Waals surface area (Å²) in [6.45, 7) is 5.16. The van der Waals surface area contributed by atoms with Gasteiger partial charge < -0.3 is 9.80 Å². The van der Waals surface area contributed by atoms with Crippen LogP contribution in [-0.4, -0.2) is 48.9 Å². The molecule has 0 aliphatic carbocycles. The molecule has 1 aromatic carbocycles. The molecule has 1 rings (SSSR count). The lowest BCUT2D eigenvalue weighted by Gasteiger charge is -2.30. The van der Waals surface area contributed by atoms with Gasteiger partial charge in [0.2, 0.25) is 0 Å². The first-order valence-electron chi connectivity index (χ1n) is 6.28. The van der Waals surface area contributed by atoms with Gasteiger partial charge in [0.1, 0.15) is 5.82 Å². The Morgan fingerprint density at radius 1 is 1.42 bits per heavy atom. The highest BCUT2D eigenvalue weighted by molar-refractivity contribution is 9.10. The van der Waals surface area contributed by atoms with Crippen molar-refractivity contribution in [1.29, 1.82) is 0 Å². The van der Waals surface area contributed by atoms with Gasteiger partial charge >= 0.3 is 0 Å². The molecule has 0 aliphatic heterocycles. The number of hydrogen-bond acceptors (Lipinski definition) is 2. The highest BCUT2D eigenvalue weighted by Gasteiger charge is 2.24. The largest absolute Gasteiger partial charge is 0.335 e. The number of carbonyl (C=O) groups excluding carboxylic acids is 1. The second-order valence-electron chi connectivity index (χ2n) is 4.80. The van der Waals surface area contributed by atoms with E-state index < -0.39 is 5.82 Å². The van der Waals surface area contributed by atoms with Crippen molar-refractivity contribution in [2.45, 2.75) is 19.9 Å². The van der Waals surface area contributed by atoms with Gasteiger partial charge in [0.25, 0.3) is 5.91 Å². The topological polar surface area (TPSA) is 23.6 Å². The summed E-state index contributed by atoms with van der Waals surface area (Å²) in [4.78, 5) is 16.2. The van der Waals surface area contributed by atoms with E-state index in [1.165, 1.54) is 6.07 Å². The first-order valence-corrected chi connectivity index (χ1v) is 7.07. The fourth-order valence-electron chi connectivity index (χ4n) is 2.13. The Bertz CT molecular complexity index is 431. The molecule has 0 heterocycles. The Labute approximate surface area is 122 Å². The van der Waals surface area contributed by atoms with E-state index in [1.807, 2.05) is 32.8 Å². The van der Waals surface area contributed by atoms with Gasteiger partial charge in [-0.2, -0.15) is 0 Å². The van der Waals surface area contributed by atoms with Crippen LogP contribution in [0, 0.1) is 5.82 Å². The summed E-state index contributed by atoms with van der Waals surface area (Å²) in [5.74, 6) is -0.767. The van der Waals surface area contributed by atoms with Crippen LogP contribution in [0.15, 0.2) is 22.7 Å². The Hall–Kier alpha value is -0.940. The number of hydrogen-bond donors (Lipinski definition) is 0. The summed E-state index contributed by atoms with van der Waals surface area (Å²) in [6, 6.07) is 4.60. The lowest BCUT2D eigenvalue weighted by Crippen LogP contribution is -2.44. The smallest absolute Gasteiger partial charge is 0.258 e. The molecule has 5 heteroatoms. The standard InChI is InChI=1S/C14H20BrFN2O/c1-5-18(10(2)9-17(3)4)14(19)13-11(15)7-6-8-12(13)16/h6-8,10H,5,9H2,1-4H3. The number of benzene rings is 1. The van der Waals surface area contributed by atoms with E-state index in [9.17, 15) is 9.18 Å². The van der Waals surface area contributed by atoms with Crippen molar-refractivity contribution in [3.8, 4) is 0 Å². The summed E-state index contributed by atoms with van der Waals surface area (Å²) in [5, 5.41) is 0. The summed E-state index contributed by atoms with van der Waals surface area (Å²) in [7, 11) is 3.90. The third kappa shape index (κ3) is 4.01. The summed E-state index contributed by atoms with van der Waals surface area (Å²) in [6.07, 6.45) is 0. The molecular formula is C14H20BrFN2O. The van der Waals surface area contributed by atoms with E-state index in [-0.39, 0.29) is 17.5 Å². The molecule has 0 saturated carbocycles. The lowest BCUT2D eigenvalue weighted by atomic mass is 10.1. The molecular weight excluding hydrogens is 311 g/mol. The third-order valence-electron chi connectivity index (χ3n) is 2.94. The van der Waals surface area contributed by atoms with Gasteiger partial charge in [0, 0.05) is 23.6 Å². The Morgan fingerprint density at radius 2 is 2.05 bits per heavy atom. The summed E-state index contributed by atoms with van der Waals surface area (Å²) < 4.78 is 14.3. The van der Waals surface area contributed by atoms with E-state index >= 15 is 0 Å². The molecule has 0 spiro atoms. The second-order valence-corrected chi connectivity index (χ2v) is 5.65. The van der Waals surface area contributed by atoms with E-state index in [0.29, 0.717) is 11.0 Å². The number of carbonyl (C=O) groups is 1. The van der Waals surface area contributed by atoms with Gasteiger partial charge in [-0.3, -0.25) is 4.79 Å². The molecule has 0 radical (unpaired) electrons. The zero-order valence-electron chi connectivity index (χ0n) is 11.8. The van der Waals surface area contributed by atoms with Crippen LogP contribution in [0.1, 0.15) is 24.2 Å². The quantitative estimate of drug-likeness (QED) is 0.828. The van der Waals surface area contributed by atoms with Crippen molar-refractivity contribution in [2.75, 3.05) is 27.2 Å². The zero-order chi connectivity index (χ0) is 14.6. The molecule has 0 aliphatic rings. The number of rotatable bonds is 5. The van der Waals surface area contributed by atoms with Gasteiger partial charge in [0.05, 0.1) is 5.56 Å². The Kier molecular flexibility index (Phi) is 5.94. The fraction of sp³-hybridized carbons (Fsp3) is 0.500. The van der Waals surface area contributed by atoms with E-state index in [2.05, 4.69) is 15.9 Å². The van der Waals surface area contributed by atoms with Crippen LogP contribution in [0.25, 0.3) is 0 Å². The van der Waals surface area contributed by atoms with Crippen LogP contribution >= 0.6 is 15.9 Å². The maximum absolute atomic E-state index is 13.8. The highest BCUT2D eigenvalue weighted by Crippen LogP contribution is 2.22. The van der Waals surface area contributed by atoms with Gasteiger partial charge in [0.15, 0.2) is 0 Å². The SMILES string of the molecule is CCN(C(=O)c1c(F)cccc1Br)C(C)CN(C)C. The normalized spacial score (nSPS) is 12.6. The molecule has 1 aromatic rings. The zero-order valence-corrected chi connectivity index (χ0v) is 13.4. The lowest BCUT2D eigenvalue weighted by molar-refractivity contribution is 0.0673. The number of nitrogens with zero attached hydrogens (tertiary/aromatic N) is 2. The van der Waals surface area contributed by atoms with Gasteiger partial charge in [-0.1, -0.05) is 6.07 Å². The molecule has 0 aromatic heterocycles.